The SMILES string of the molecule is CCCc1nn(C)c2c(NCc3ccc(OCC)c(Cl)c3)nc(-c3ccc(C(=O)O)cc3)nc12. The number of benzene rings is 2. The number of carboxylic acid groups (broad SMARTS) is 1. The summed E-state index contributed by atoms with van der Waals surface area (Å²) in [5.74, 6) is 0.823. The Labute approximate surface area is 202 Å². The second kappa shape index (κ2) is 10.1. The van der Waals surface area contributed by atoms with Gasteiger partial charge >= 0.3 is 5.97 Å². The molecule has 0 atom stereocenters. The van der Waals surface area contributed by atoms with Crippen molar-refractivity contribution in [3.63, 3.8) is 0 Å². The van der Waals surface area contributed by atoms with Crippen molar-refractivity contribution >= 4 is 34.4 Å². The third kappa shape index (κ3) is 4.82. The molecule has 9 heteroatoms. The lowest BCUT2D eigenvalue weighted by Gasteiger charge is -2.12. The van der Waals surface area contributed by atoms with Gasteiger partial charge in [-0.3, -0.25) is 4.68 Å². The first-order chi connectivity index (χ1) is 16.4. The van der Waals surface area contributed by atoms with Crippen LogP contribution in [0.2, 0.25) is 5.02 Å². The maximum absolute atomic E-state index is 11.2. The van der Waals surface area contributed by atoms with Gasteiger partial charge in [0.05, 0.1) is 22.9 Å². The number of aryl methyl sites for hydroxylation is 2. The molecule has 0 aliphatic heterocycles. The minimum Gasteiger partial charge on any atom is -0.492 e. The first-order valence-corrected chi connectivity index (χ1v) is 11.5. The second-order valence-corrected chi connectivity index (χ2v) is 8.25. The van der Waals surface area contributed by atoms with Crippen LogP contribution >= 0.6 is 11.6 Å². The highest BCUT2D eigenvalue weighted by atomic mass is 35.5. The third-order valence-corrected chi connectivity index (χ3v) is 5.68. The Morgan fingerprint density at radius 1 is 1.15 bits per heavy atom. The Morgan fingerprint density at radius 2 is 1.91 bits per heavy atom. The van der Waals surface area contributed by atoms with Crippen LogP contribution in [-0.2, 0) is 20.0 Å². The summed E-state index contributed by atoms with van der Waals surface area (Å²) in [6, 6.07) is 12.2. The van der Waals surface area contributed by atoms with E-state index in [1.54, 1.807) is 28.9 Å². The first-order valence-electron chi connectivity index (χ1n) is 11.1. The fourth-order valence-electron chi connectivity index (χ4n) is 3.77. The standard InChI is InChI=1S/C25H26ClN5O3/c1-4-6-19-21-22(31(3)30-19)24(27-14-15-7-12-20(34-5-2)18(26)13-15)29-23(28-21)16-8-10-17(11-9-16)25(32)33/h7-13H,4-6,14H2,1-3H3,(H,32,33)(H,27,28,29). The number of fused-ring (bicyclic) bond motifs is 1. The average molecular weight is 480 g/mol. The van der Waals surface area contributed by atoms with E-state index in [2.05, 4.69) is 17.3 Å². The molecule has 0 amide bonds. The van der Waals surface area contributed by atoms with E-state index in [1.165, 1.54) is 0 Å². The summed E-state index contributed by atoms with van der Waals surface area (Å²) in [4.78, 5) is 20.8. The molecule has 0 saturated carbocycles. The second-order valence-electron chi connectivity index (χ2n) is 7.85. The van der Waals surface area contributed by atoms with Gasteiger partial charge in [-0.25, -0.2) is 14.8 Å². The Balaban J connectivity index is 1.73. The van der Waals surface area contributed by atoms with Crippen molar-refractivity contribution in [3.05, 3.63) is 64.3 Å². The monoisotopic (exact) mass is 479 g/mol. The number of anilines is 1. The van der Waals surface area contributed by atoms with E-state index < -0.39 is 5.97 Å². The summed E-state index contributed by atoms with van der Waals surface area (Å²) in [5.41, 5.74) is 4.41. The zero-order chi connectivity index (χ0) is 24.2. The molecular weight excluding hydrogens is 454 g/mol. The fourth-order valence-corrected chi connectivity index (χ4v) is 4.03. The van der Waals surface area contributed by atoms with E-state index in [0.29, 0.717) is 35.6 Å². The number of carboxylic acids is 1. The highest BCUT2D eigenvalue weighted by molar-refractivity contribution is 6.32. The molecule has 8 nitrogen and oxygen atoms in total. The minimum atomic E-state index is -0.975. The number of aromatic nitrogens is 4. The Morgan fingerprint density at radius 3 is 2.56 bits per heavy atom. The van der Waals surface area contributed by atoms with E-state index in [-0.39, 0.29) is 5.56 Å². The summed E-state index contributed by atoms with van der Waals surface area (Å²) in [6.45, 7) is 5.05. The average Bonchev–Trinajstić information content (AvgIpc) is 3.14. The van der Waals surface area contributed by atoms with Crippen LogP contribution in [0.25, 0.3) is 22.4 Å². The number of halogens is 1. The topological polar surface area (TPSA) is 102 Å². The number of ether oxygens (including phenoxy) is 1. The van der Waals surface area contributed by atoms with Gasteiger partial charge in [0.2, 0.25) is 0 Å². The van der Waals surface area contributed by atoms with Crippen LogP contribution in [0.4, 0.5) is 5.82 Å². The molecule has 0 spiro atoms. The van der Waals surface area contributed by atoms with Crippen LogP contribution in [0.5, 0.6) is 5.75 Å². The maximum Gasteiger partial charge on any atom is 0.335 e. The molecule has 0 aliphatic rings. The van der Waals surface area contributed by atoms with Gasteiger partial charge in [-0.2, -0.15) is 5.10 Å². The molecule has 0 radical (unpaired) electrons. The molecule has 2 aromatic heterocycles. The molecule has 34 heavy (non-hydrogen) atoms. The van der Waals surface area contributed by atoms with Crippen molar-refractivity contribution in [2.24, 2.45) is 7.05 Å². The van der Waals surface area contributed by atoms with Gasteiger partial charge in [0.25, 0.3) is 0 Å². The van der Waals surface area contributed by atoms with Crippen LogP contribution in [-0.4, -0.2) is 37.4 Å². The van der Waals surface area contributed by atoms with Crippen molar-refractivity contribution in [1.29, 1.82) is 0 Å². The van der Waals surface area contributed by atoms with Crippen LogP contribution in [0, 0.1) is 0 Å². The largest absolute Gasteiger partial charge is 0.492 e. The number of nitrogens with zero attached hydrogens (tertiary/aromatic N) is 4. The molecule has 2 aromatic carbocycles. The van der Waals surface area contributed by atoms with E-state index in [4.69, 9.17) is 26.3 Å². The van der Waals surface area contributed by atoms with Crippen molar-refractivity contribution in [2.45, 2.75) is 33.2 Å². The molecule has 4 rings (SSSR count). The van der Waals surface area contributed by atoms with Gasteiger partial charge in [0, 0.05) is 19.2 Å². The summed E-state index contributed by atoms with van der Waals surface area (Å²) in [6.07, 6.45) is 1.73. The molecule has 0 fully saturated rings. The zero-order valence-electron chi connectivity index (χ0n) is 19.3. The van der Waals surface area contributed by atoms with Gasteiger partial charge in [0.1, 0.15) is 16.8 Å². The van der Waals surface area contributed by atoms with Crippen molar-refractivity contribution in [1.82, 2.24) is 19.7 Å². The van der Waals surface area contributed by atoms with Crippen LogP contribution < -0.4 is 10.1 Å². The van der Waals surface area contributed by atoms with Gasteiger partial charge in [0.15, 0.2) is 11.6 Å². The highest BCUT2D eigenvalue weighted by Gasteiger charge is 2.18. The van der Waals surface area contributed by atoms with Crippen molar-refractivity contribution in [3.8, 4) is 17.1 Å². The summed E-state index contributed by atoms with van der Waals surface area (Å²) in [5, 5.41) is 17.8. The number of aromatic carboxylic acids is 1. The van der Waals surface area contributed by atoms with Crippen LogP contribution in [0.15, 0.2) is 42.5 Å². The quantitative estimate of drug-likeness (QED) is 0.333. The van der Waals surface area contributed by atoms with Crippen molar-refractivity contribution in [2.75, 3.05) is 11.9 Å². The molecule has 4 aromatic rings. The molecule has 0 aliphatic carbocycles. The summed E-state index contributed by atoms with van der Waals surface area (Å²) >= 11 is 6.35. The lowest BCUT2D eigenvalue weighted by atomic mass is 10.1. The molecule has 176 valence electrons. The lowest BCUT2D eigenvalue weighted by molar-refractivity contribution is 0.0697. The maximum atomic E-state index is 11.2. The number of hydrogen-bond acceptors (Lipinski definition) is 6. The highest BCUT2D eigenvalue weighted by Crippen LogP contribution is 2.29. The predicted molar refractivity (Wildman–Crippen MR) is 133 cm³/mol. The van der Waals surface area contributed by atoms with Gasteiger partial charge in [-0.15, -0.1) is 0 Å². The normalized spacial score (nSPS) is 11.1. The zero-order valence-corrected chi connectivity index (χ0v) is 20.1. The number of hydrogen-bond donors (Lipinski definition) is 2. The Kier molecular flexibility index (Phi) is 6.98. The smallest absolute Gasteiger partial charge is 0.335 e. The van der Waals surface area contributed by atoms with E-state index in [0.717, 1.165) is 40.7 Å². The summed E-state index contributed by atoms with van der Waals surface area (Å²) < 4.78 is 7.32. The number of nitrogens with one attached hydrogen (secondary N) is 1. The molecule has 0 saturated heterocycles. The Hall–Kier alpha value is -3.65. The number of carbonyl (C=O) groups is 1. The molecule has 0 bridgehead atoms. The Bertz CT molecular complexity index is 1330. The molecule has 2 heterocycles. The van der Waals surface area contributed by atoms with Gasteiger partial charge in [-0.1, -0.05) is 43.1 Å². The number of rotatable bonds is 9. The predicted octanol–water partition coefficient (Wildman–Crippen LogP) is 5.35. The first kappa shape index (κ1) is 23.5. The summed E-state index contributed by atoms with van der Waals surface area (Å²) in [7, 11) is 1.88. The van der Waals surface area contributed by atoms with Crippen LogP contribution in [0.1, 0.15) is 41.9 Å². The lowest BCUT2D eigenvalue weighted by Crippen LogP contribution is -2.06. The minimum absolute atomic E-state index is 0.212. The third-order valence-electron chi connectivity index (χ3n) is 5.38. The fraction of sp³-hybridized carbons (Fsp3) is 0.280. The van der Waals surface area contributed by atoms with E-state index in [9.17, 15) is 9.90 Å². The van der Waals surface area contributed by atoms with E-state index in [1.807, 2.05) is 32.2 Å². The molecule has 0 unspecified atom stereocenters. The van der Waals surface area contributed by atoms with E-state index >= 15 is 0 Å². The van der Waals surface area contributed by atoms with Gasteiger partial charge in [-0.05, 0) is 43.2 Å². The molecular formula is C25H26ClN5O3. The van der Waals surface area contributed by atoms with Crippen molar-refractivity contribution < 1.29 is 14.6 Å². The van der Waals surface area contributed by atoms with Crippen LogP contribution in [0.3, 0.4) is 0 Å². The van der Waals surface area contributed by atoms with Gasteiger partial charge < -0.3 is 15.2 Å². The molecule has 2 N–H and O–H groups in total.